The first-order valence-electron chi connectivity index (χ1n) is 5.93. The fourth-order valence-corrected chi connectivity index (χ4v) is 2.20. The molecule has 0 spiro atoms. The van der Waals surface area contributed by atoms with Crippen LogP contribution < -0.4 is 0 Å². The molecule has 1 aromatic rings. The number of carbonyl (C=O) groups is 1. The van der Waals surface area contributed by atoms with Crippen molar-refractivity contribution >= 4 is 15.9 Å². The van der Waals surface area contributed by atoms with E-state index < -0.39 is 10.1 Å². The van der Waals surface area contributed by atoms with Crippen molar-refractivity contribution in [2.45, 2.75) is 32.6 Å². The van der Waals surface area contributed by atoms with E-state index >= 15 is 0 Å². The average molecular weight is 270 g/mol. The van der Waals surface area contributed by atoms with Crippen LogP contribution in [0.4, 0.5) is 0 Å². The van der Waals surface area contributed by atoms with E-state index in [-0.39, 0.29) is 11.5 Å². The first-order chi connectivity index (χ1) is 8.38. The molecule has 100 valence electrons. The quantitative estimate of drug-likeness (QED) is 0.469. The van der Waals surface area contributed by atoms with E-state index in [2.05, 4.69) is 0 Å². The van der Waals surface area contributed by atoms with Crippen molar-refractivity contribution in [3.05, 3.63) is 35.4 Å². The Hall–Kier alpha value is -1.20. The molecule has 0 aliphatic carbocycles. The summed E-state index contributed by atoms with van der Waals surface area (Å²) in [5, 5.41) is 0. The second kappa shape index (κ2) is 6.66. The lowest BCUT2D eigenvalue weighted by Crippen LogP contribution is -2.04. The van der Waals surface area contributed by atoms with Crippen molar-refractivity contribution in [3.63, 3.8) is 0 Å². The number of hydrogen-bond donors (Lipinski definition) is 1. The van der Waals surface area contributed by atoms with Crippen LogP contribution in [0, 0.1) is 6.92 Å². The molecule has 1 N–H and O–H groups in total. The van der Waals surface area contributed by atoms with Gasteiger partial charge in [-0.15, -0.1) is 0 Å². The van der Waals surface area contributed by atoms with Gasteiger partial charge in [0.2, 0.25) is 0 Å². The molecular weight excluding hydrogens is 252 g/mol. The Kier molecular flexibility index (Phi) is 5.50. The van der Waals surface area contributed by atoms with Crippen molar-refractivity contribution in [1.29, 1.82) is 0 Å². The van der Waals surface area contributed by atoms with Crippen LogP contribution in [0.3, 0.4) is 0 Å². The van der Waals surface area contributed by atoms with Gasteiger partial charge in [0.25, 0.3) is 10.1 Å². The second-order valence-electron chi connectivity index (χ2n) is 4.39. The summed E-state index contributed by atoms with van der Waals surface area (Å²) in [7, 11) is -3.87. The summed E-state index contributed by atoms with van der Waals surface area (Å²) >= 11 is 0. The van der Waals surface area contributed by atoms with Crippen LogP contribution in [0.25, 0.3) is 0 Å². The van der Waals surface area contributed by atoms with Crippen LogP contribution in [0.2, 0.25) is 0 Å². The van der Waals surface area contributed by atoms with Crippen LogP contribution in [-0.4, -0.2) is 24.5 Å². The third kappa shape index (κ3) is 5.93. The highest BCUT2D eigenvalue weighted by Crippen LogP contribution is 2.10. The van der Waals surface area contributed by atoms with Gasteiger partial charge in [-0.05, 0) is 19.8 Å². The van der Waals surface area contributed by atoms with Gasteiger partial charge in [-0.1, -0.05) is 36.2 Å². The third-order valence-corrected chi connectivity index (χ3v) is 3.48. The fraction of sp³-hybridized carbons (Fsp3) is 0.462. The smallest absolute Gasteiger partial charge is 0.264 e. The van der Waals surface area contributed by atoms with Gasteiger partial charge in [-0.3, -0.25) is 9.35 Å². The monoisotopic (exact) mass is 270 g/mol. The van der Waals surface area contributed by atoms with Gasteiger partial charge in [-0.2, -0.15) is 8.42 Å². The van der Waals surface area contributed by atoms with E-state index in [1.807, 2.05) is 19.1 Å². The Balaban J connectivity index is 2.28. The molecule has 18 heavy (non-hydrogen) atoms. The van der Waals surface area contributed by atoms with Gasteiger partial charge in [0.05, 0.1) is 5.75 Å². The highest BCUT2D eigenvalue weighted by molar-refractivity contribution is 7.85. The number of benzene rings is 1. The number of carbonyl (C=O) groups excluding carboxylic acids is 1. The lowest BCUT2D eigenvalue weighted by molar-refractivity contribution is 0.0979. The van der Waals surface area contributed by atoms with Gasteiger partial charge in [0.15, 0.2) is 5.78 Å². The Morgan fingerprint density at radius 1 is 1.11 bits per heavy atom. The minimum atomic E-state index is -3.87. The second-order valence-corrected chi connectivity index (χ2v) is 5.96. The molecule has 0 aliphatic rings. The Bertz CT molecular complexity index is 488. The first kappa shape index (κ1) is 14.9. The van der Waals surface area contributed by atoms with Crippen LogP contribution >= 0.6 is 0 Å². The van der Waals surface area contributed by atoms with Crippen molar-refractivity contribution in [3.8, 4) is 0 Å². The zero-order chi connectivity index (χ0) is 13.6. The van der Waals surface area contributed by atoms with Gasteiger partial charge in [0.1, 0.15) is 0 Å². The van der Waals surface area contributed by atoms with E-state index in [0.717, 1.165) is 5.56 Å². The molecule has 0 aliphatic heterocycles. The van der Waals surface area contributed by atoms with Crippen molar-refractivity contribution in [2.24, 2.45) is 0 Å². The standard InChI is InChI=1S/C13H18O4S/c1-11-6-8-12(9-7-11)13(14)5-3-2-4-10-18(15,16)17/h6-9H,2-5,10H2,1H3,(H,15,16,17). The molecule has 0 atom stereocenters. The summed E-state index contributed by atoms with van der Waals surface area (Å²) in [6.07, 6.45) is 2.06. The largest absolute Gasteiger partial charge is 0.294 e. The molecule has 1 rings (SSSR count). The maximum absolute atomic E-state index is 11.7. The lowest BCUT2D eigenvalue weighted by atomic mass is 10.0. The number of aryl methyl sites for hydroxylation is 1. The summed E-state index contributed by atoms with van der Waals surface area (Å²) < 4.78 is 29.5. The molecule has 0 amide bonds. The van der Waals surface area contributed by atoms with Crippen molar-refractivity contribution in [1.82, 2.24) is 0 Å². The summed E-state index contributed by atoms with van der Waals surface area (Å²) in [6.45, 7) is 1.96. The molecule has 0 saturated heterocycles. The Morgan fingerprint density at radius 3 is 2.28 bits per heavy atom. The van der Waals surface area contributed by atoms with Crippen LogP contribution in [-0.2, 0) is 10.1 Å². The van der Waals surface area contributed by atoms with E-state index in [9.17, 15) is 13.2 Å². The van der Waals surface area contributed by atoms with Crippen molar-refractivity contribution < 1.29 is 17.8 Å². The SMILES string of the molecule is Cc1ccc(C(=O)CCCCCS(=O)(=O)O)cc1. The molecular formula is C13H18O4S. The number of hydrogen-bond acceptors (Lipinski definition) is 3. The summed E-state index contributed by atoms with van der Waals surface area (Å²) in [5.41, 5.74) is 1.80. The fourth-order valence-electron chi connectivity index (χ4n) is 1.63. The minimum absolute atomic E-state index is 0.0712. The van der Waals surface area contributed by atoms with Crippen LogP contribution in [0.15, 0.2) is 24.3 Å². The topological polar surface area (TPSA) is 71.4 Å². The van der Waals surface area contributed by atoms with E-state index in [4.69, 9.17) is 4.55 Å². The van der Waals surface area contributed by atoms with Crippen LogP contribution in [0.5, 0.6) is 0 Å². The summed E-state index contributed by atoms with van der Waals surface area (Å²) in [6, 6.07) is 7.39. The first-order valence-corrected chi connectivity index (χ1v) is 7.54. The van der Waals surface area contributed by atoms with Gasteiger partial charge < -0.3 is 0 Å². The minimum Gasteiger partial charge on any atom is -0.294 e. The molecule has 0 fully saturated rings. The number of unbranched alkanes of at least 4 members (excludes halogenated alkanes) is 2. The summed E-state index contributed by atoms with van der Waals surface area (Å²) in [5.74, 6) is -0.159. The lowest BCUT2D eigenvalue weighted by Gasteiger charge is -2.02. The summed E-state index contributed by atoms with van der Waals surface area (Å²) in [4.78, 5) is 11.7. The van der Waals surface area contributed by atoms with Crippen LogP contribution in [0.1, 0.15) is 41.6 Å². The highest BCUT2D eigenvalue weighted by Gasteiger charge is 2.07. The normalized spacial score (nSPS) is 11.4. The highest BCUT2D eigenvalue weighted by atomic mass is 32.2. The predicted molar refractivity (Wildman–Crippen MR) is 70.4 cm³/mol. The molecule has 4 nitrogen and oxygen atoms in total. The van der Waals surface area contributed by atoms with Gasteiger partial charge >= 0.3 is 0 Å². The molecule has 0 unspecified atom stereocenters. The predicted octanol–water partition coefficient (Wildman–Crippen LogP) is 2.63. The molecule has 0 aromatic heterocycles. The zero-order valence-electron chi connectivity index (χ0n) is 10.4. The van der Waals surface area contributed by atoms with Crippen molar-refractivity contribution in [2.75, 3.05) is 5.75 Å². The van der Waals surface area contributed by atoms with E-state index in [0.29, 0.717) is 31.2 Å². The molecule has 0 bridgehead atoms. The Labute approximate surface area is 108 Å². The van der Waals surface area contributed by atoms with Gasteiger partial charge in [0, 0.05) is 12.0 Å². The molecule has 0 radical (unpaired) electrons. The number of Topliss-reactive ketones (excluding diaryl/α,β-unsaturated/α-hetero) is 1. The number of rotatable bonds is 7. The molecule has 1 aromatic carbocycles. The average Bonchev–Trinajstić information content (AvgIpc) is 2.27. The number of ketones is 1. The third-order valence-electron chi connectivity index (χ3n) is 2.68. The molecule has 5 heteroatoms. The zero-order valence-corrected chi connectivity index (χ0v) is 11.2. The van der Waals surface area contributed by atoms with E-state index in [1.54, 1.807) is 12.1 Å². The van der Waals surface area contributed by atoms with E-state index in [1.165, 1.54) is 0 Å². The molecule has 0 heterocycles. The maximum atomic E-state index is 11.7. The Morgan fingerprint density at radius 2 is 1.72 bits per heavy atom. The molecule has 0 saturated carbocycles. The maximum Gasteiger partial charge on any atom is 0.264 e. The van der Waals surface area contributed by atoms with Gasteiger partial charge in [-0.25, -0.2) is 0 Å².